The van der Waals surface area contributed by atoms with Gasteiger partial charge >= 0.3 is 0 Å². The smallest absolute Gasteiger partial charge is 0.220 e. The minimum absolute atomic E-state index is 0.000111. The van der Waals surface area contributed by atoms with Crippen molar-refractivity contribution in [2.45, 2.75) is 52.0 Å². The fraction of sp³-hybridized carbons (Fsp3) is 0.643. The van der Waals surface area contributed by atoms with Gasteiger partial charge < -0.3 is 15.6 Å². The highest BCUT2D eigenvalue weighted by atomic mass is 16.5. The lowest BCUT2D eigenvalue weighted by Gasteiger charge is -2.12. The summed E-state index contributed by atoms with van der Waals surface area (Å²) in [5, 5.41) is 6.84. The summed E-state index contributed by atoms with van der Waals surface area (Å²) < 4.78 is 5.07. The van der Waals surface area contributed by atoms with E-state index in [2.05, 4.69) is 10.5 Å². The summed E-state index contributed by atoms with van der Waals surface area (Å²) >= 11 is 0. The first-order chi connectivity index (χ1) is 9.47. The van der Waals surface area contributed by atoms with Crippen molar-refractivity contribution in [3.63, 3.8) is 0 Å². The third-order valence-electron chi connectivity index (χ3n) is 3.98. The Morgan fingerprint density at radius 2 is 2.15 bits per heavy atom. The molecule has 20 heavy (non-hydrogen) atoms. The molecule has 110 valence electrons. The molecular weight excluding hydrogens is 258 g/mol. The highest BCUT2D eigenvalue weighted by Crippen LogP contribution is 2.25. The average Bonchev–Trinajstić information content (AvgIpc) is 2.96. The maximum absolute atomic E-state index is 11.9. The van der Waals surface area contributed by atoms with E-state index in [1.165, 1.54) is 0 Å². The molecule has 0 aromatic carbocycles. The molecule has 1 fully saturated rings. The number of aryl methyl sites for hydroxylation is 2. The number of carbonyl (C=O) groups excluding carboxylic acids is 2. The van der Waals surface area contributed by atoms with Crippen molar-refractivity contribution in [1.82, 2.24) is 10.5 Å². The van der Waals surface area contributed by atoms with Gasteiger partial charge in [0.25, 0.3) is 0 Å². The lowest BCUT2D eigenvalue weighted by Crippen LogP contribution is -2.34. The van der Waals surface area contributed by atoms with Crippen LogP contribution in [0.1, 0.15) is 42.7 Å². The van der Waals surface area contributed by atoms with Crippen molar-refractivity contribution in [3.05, 3.63) is 17.0 Å². The average molecular weight is 279 g/mol. The molecule has 1 heterocycles. The molecular formula is C14H21N3O3. The van der Waals surface area contributed by atoms with Crippen molar-refractivity contribution in [3.8, 4) is 0 Å². The fourth-order valence-electron chi connectivity index (χ4n) is 2.77. The van der Waals surface area contributed by atoms with Gasteiger partial charge in [-0.05, 0) is 39.5 Å². The Kier molecular flexibility index (Phi) is 4.42. The van der Waals surface area contributed by atoms with Crippen molar-refractivity contribution in [2.24, 2.45) is 11.7 Å². The molecule has 2 amide bonds. The maximum atomic E-state index is 11.9. The van der Waals surface area contributed by atoms with Crippen LogP contribution in [0, 0.1) is 19.8 Å². The summed E-state index contributed by atoms with van der Waals surface area (Å²) in [6.45, 7) is 3.72. The summed E-state index contributed by atoms with van der Waals surface area (Å²) in [6, 6.07) is 0.0738. The first-order valence-electron chi connectivity index (χ1n) is 6.97. The van der Waals surface area contributed by atoms with E-state index >= 15 is 0 Å². The van der Waals surface area contributed by atoms with E-state index in [1.54, 1.807) is 0 Å². The van der Waals surface area contributed by atoms with Gasteiger partial charge in [0.1, 0.15) is 5.76 Å². The standard InChI is InChI=1S/C14H21N3O3/c1-8-12(9(2)20-17-8)5-6-13(18)16-11-4-3-10(7-11)14(15)19/h10-11H,3-7H2,1-2H3,(H2,15,19)(H,16,18)/t10-,11-/m1/s1. The van der Waals surface area contributed by atoms with Crippen LogP contribution in [0.4, 0.5) is 0 Å². The molecule has 0 bridgehead atoms. The predicted molar refractivity (Wildman–Crippen MR) is 72.8 cm³/mol. The summed E-state index contributed by atoms with van der Waals surface area (Å²) in [7, 11) is 0. The fourth-order valence-corrected chi connectivity index (χ4v) is 2.77. The van der Waals surface area contributed by atoms with Gasteiger partial charge in [-0.2, -0.15) is 0 Å². The molecule has 2 atom stereocenters. The molecule has 1 saturated carbocycles. The summed E-state index contributed by atoms with van der Waals surface area (Å²) in [5.41, 5.74) is 7.12. The summed E-state index contributed by atoms with van der Waals surface area (Å²) in [6.07, 6.45) is 3.28. The largest absolute Gasteiger partial charge is 0.369 e. The number of nitrogens with two attached hydrogens (primary N) is 1. The van der Waals surface area contributed by atoms with Gasteiger partial charge in [0.15, 0.2) is 0 Å². The monoisotopic (exact) mass is 279 g/mol. The van der Waals surface area contributed by atoms with Crippen LogP contribution in [0.15, 0.2) is 4.52 Å². The quantitative estimate of drug-likeness (QED) is 0.839. The number of aromatic nitrogens is 1. The summed E-state index contributed by atoms with van der Waals surface area (Å²) in [4.78, 5) is 23.0. The molecule has 6 nitrogen and oxygen atoms in total. The van der Waals surface area contributed by atoms with Crippen LogP contribution >= 0.6 is 0 Å². The molecule has 0 radical (unpaired) electrons. The van der Waals surface area contributed by atoms with Crippen molar-refractivity contribution >= 4 is 11.8 Å². The number of rotatable bonds is 5. The predicted octanol–water partition coefficient (Wildman–Crippen LogP) is 0.994. The van der Waals surface area contributed by atoms with Crippen LogP contribution in [-0.2, 0) is 16.0 Å². The SMILES string of the molecule is Cc1noc(C)c1CCC(=O)N[C@@H]1CC[C@@H](C(N)=O)C1. The van der Waals surface area contributed by atoms with Crippen molar-refractivity contribution < 1.29 is 14.1 Å². The zero-order valence-electron chi connectivity index (χ0n) is 11.9. The second-order valence-corrected chi connectivity index (χ2v) is 5.48. The van der Waals surface area contributed by atoms with Crippen LogP contribution in [-0.4, -0.2) is 23.0 Å². The molecule has 3 N–H and O–H groups in total. The number of hydrogen-bond acceptors (Lipinski definition) is 4. The Morgan fingerprint density at radius 1 is 1.40 bits per heavy atom. The Morgan fingerprint density at radius 3 is 2.70 bits per heavy atom. The van der Waals surface area contributed by atoms with Crippen molar-refractivity contribution in [1.29, 1.82) is 0 Å². The highest BCUT2D eigenvalue weighted by Gasteiger charge is 2.29. The minimum Gasteiger partial charge on any atom is -0.369 e. The Hall–Kier alpha value is -1.85. The Labute approximate surface area is 118 Å². The number of nitrogens with zero attached hydrogens (tertiary/aromatic N) is 1. The Balaban J connectivity index is 1.78. The van der Waals surface area contributed by atoms with Gasteiger partial charge in [-0.3, -0.25) is 9.59 Å². The second kappa shape index (κ2) is 6.07. The van der Waals surface area contributed by atoms with Crippen LogP contribution < -0.4 is 11.1 Å². The molecule has 0 unspecified atom stereocenters. The summed E-state index contributed by atoms with van der Waals surface area (Å²) in [5.74, 6) is 0.408. The first kappa shape index (κ1) is 14.6. The highest BCUT2D eigenvalue weighted by molar-refractivity contribution is 5.78. The van der Waals surface area contributed by atoms with E-state index in [0.29, 0.717) is 19.3 Å². The number of nitrogens with one attached hydrogen (secondary N) is 1. The second-order valence-electron chi connectivity index (χ2n) is 5.48. The van der Waals surface area contributed by atoms with E-state index in [-0.39, 0.29) is 23.8 Å². The van der Waals surface area contributed by atoms with Crippen LogP contribution in [0.25, 0.3) is 0 Å². The van der Waals surface area contributed by atoms with E-state index in [4.69, 9.17) is 10.3 Å². The zero-order valence-corrected chi connectivity index (χ0v) is 11.9. The third kappa shape index (κ3) is 3.37. The Bertz CT molecular complexity index is 490. The molecule has 1 aromatic heterocycles. The maximum Gasteiger partial charge on any atom is 0.220 e. The van der Waals surface area contributed by atoms with E-state index in [1.807, 2.05) is 13.8 Å². The van der Waals surface area contributed by atoms with E-state index in [0.717, 1.165) is 29.9 Å². The molecule has 6 heteroatoms. The third-order valence-corrected chi connectivity index (χ3v) is 3.98. The van der Waals surface area contributed by atoms with Crippen LogP contribution in [0.5, 0.6) is 0 Å². The van der Waals surface area contributed by atoms with Gasteiger partial charge in [-0.15, -0.1) is 0 Å². The lowest BCUT2D eigenvalue weighted by molar-refractivity contribution is -0.123. The van der Waals surface area contributed by atoms with Gasteiger partial charge in [0.2, 0.25) is 11.8 Å². The molecule has 1 aromatic rings. The number of primary amides is 1. The molecule has 0 saturated heterocycles. The number of hydrogen-bond donors (Lipinski definition) is 2. The van der Waals surface area contributed by atoms with Gasteiger partial charge in [-0.25, -0.2) is 0 Å². The minimum atomic E-state index is -0.266. The molecule has 0 aliphatic heterocycles. The molecule has 1 aliphatic rings. The van der Waals surface area contributed by atoms with Gasteiger partial charge in [0.05, 0.1) is 5.69 Å². The van der Waals surface area contributed by atoms with Gasteiger partial charge in [-0.1, -0.05) is 5.16 Å². The molecule has 2 rings (SSSR count). The van der Waals surface area contributed by atoms with E-state index in [9.17, 15) is 9.59 Å². The molecule has 1 aliphatic carbocycles. The number of carbonyl (C=O) groups is 2. The van der Waals surface area contributed by atoms with Crippen LogP contribution in [0.2, 0.25) is 0 Å². The van der Waals surface area contributed by atoms with Crippen molar-refractivity contribution in [2.75, 3.05) is 0 Å². The van der Waals surface area contributed by atoms with E-state index < -0.39 is 0 Å². The van der Waals surface area contributed by atoms with Crippen LogP contribution in [0.3, 0.4) is 0 Å². The molecule has 0 spiro atoms. The zero-order chi connectivity index (χ0) is 14.7. The topological polar surface area (TPSA) is 98.2 Å². The normalized spacial score (nSPS) is 21.9. The van der Waals surface area contributed by atoms with Gasteiger partial charge in [0, 0.05) is 23.9 Å². The number of amides is 2. The first-order valence-corrected chi connectivity index (χ1v) is 6.97. The lowest BCUT2D eigenvalue weighted by atomic mass is 10.1.